The smallest absolute Gasteiger partial charge is 0.300 e. The van der Waals surface area contributed by atoms with Crippen molar-refractivity contribution in [3.63, 3.8) is 0 Å². The van der Waals surface area contributed by atoms with Crippen molar-refractivity contribution in [2.45, 2.75) is 105 Å². The normalized spacial score (nSPS) is 14.8. The zero-order chi connectivity index (χ0) is 56.7. The van der Waals surface area contributed by atoms with Crippen molar-refractivity contribution < 1.29 is 77.7 Å². The Bertz CT molecular complexity index is 2080. The predicted molar refractivity (Wildman–Crippen MR) is 269 cm³/mol. The first kappa shape index (κ1) is 64.1. The number of hydrogen-bond acceptors (Lipinski definition) is 20. The second kappa shape index (κ2) is 31.8. The van der Waals surface area contributed by atoms with Crippen LogP contribution in [0.5, 0.6) is 0 Å². The zero-order valence-electron chi connectivity index (χ0n) is 45.2. The number of nitrogens with zero attached hydrogens (tertiary/aromatic N) is 8. The highest BCUT2D eigenvalue weighted by molar-refractivity contribution is 5.94. The summed E-state index contributed by atoms with van der Waals surface area (Å²) in [6.07, 6.45) is 0.101. The summed E-state index contributed by atoms with van der Waals surface area (Å²) >= 11 is 0. The van der Waals surface area contributed by atoms with Crippen LogP contribution in [-0.2, 0) is 52.5 Å². The van der Waals surface area contributed by atoms with Gasteiger partial charge >= 0.3 is 5.69 Å². The Hall–Kier alpha value is -6.17. The van der Waals surface area contributed by atoms with Crippen LogP contribution in [0.1, 0.15) is 86.5 Å². The van der Waals surface area contributed by atoms with Crippen LogP contribution in [0.2, 0.25) is 0 Å². The molecule has 3 atom stereocenters. The van der Waals surface area contributed by atoms with Gasteiger partial charge in [-0.05, 0) is 53.4 Å². The van der Waals surface area contributed by atoms with Crippen molar-refractivity contribution in [2.24, 2.45) is 23.2 Å². The van der Waals surface area contributed by atoms with Crippen molar-refractivity contribution in [3.8, 4) is 0 Å². The number of likely N-dealkylation sites (N-methyl/N-ethyl adjacent to an activating group) is 3. The van der Waals surface area contributed by atoms with Gasteiger partial charge in [0.25, 0.3) is 17.7 Å². The number of anilines is 1. The van der Waals surface area contributed by atoms with Gasteiger partial charge in [-0.25, -0.2) is 19.8 Å². The fourth-order valence-electron chi connectivity index (χ4n) is 8.21. The number of carbonyl (C=O) groups is 7. The Labute approximate surface area is 442 Å². The highest BCUT2D eigenvalue weighted by atomic mass is 16.6. The van der Waals surface area contributed by atoms with E-state index in [0.29, 0.717) is 47.1 Å². The summed E-state index contributed by atoms with van der Waals surface area (Å²) in [7, 11) is 3.48. The lowest BCUT2D eigenvalue weighted by atomic mass is 9.92. The van der Waals surface area contributed by atoms with Crippen molar-refractivity contribution in [1.29, 1.82) is 0 Å². The molecular weight excluding hydrogens is 1000 g/mol. The Kier molecular flexibility index (Phi) is 26.8. The number of hydroxylamine groups is 6. The number of nitro benzene ring substituents is 1. The molecule has 76 heavy (non-hydrogen) atoms. The number of benzene rings is 1. The number of fused-ring (bicyclic) bond motifs is 1. The van der Waals surface area contributed by atoms with E-state index in [9.17, 15) is 59.3 Å². The second-order valence-electron chi connectivity index (χ2n) is 20.2. The Morgan fingerprint density at radius 3 is 1.32 bits per heavy atom. The molecule has 0 radical (unpaired) electrons. The number of hydrogen-bond donors (Lipinski definition) is 6. The lowest BCUT2D eigenvalue weighted by Crippen LogP contribution is -2.49. The van der Waals surface area contributed by atoms with Gasteiger partial charge in [0.05, 0.1) is 75.3 Å². The van der Waals surface area contributed by atoms with Gasteiger partial charge < -0.3 is 44.7 Å². The van der Waals surface area contributed by atoms with Crippen molar-refractivity contribution >= 4 is 63.8 Å². The molecule has 6 N–H and O–H groups in total. The molecule has 28 heteroatoms. The van der Waals surface area contributed by atoms with E-state index in [4.69, 9.17) is 23.6 Å². The number of rotatable bonds is 34. The summed E-state index contributed by atoms with van der Waals surface area (Å²) in [5.41, 5.74) is -0.667. The molecule has 2 heterocycles. The van der Waals surface area contributed by atoms with Crippen LogP contribution in [-0.4, -0.2) is 211 Å². The third kappa shape index (κ3) is 21.5. The van der Waals surface area contributed by atoms with E-state index in [1.165, 1.54) is 6.07 Å². The summed E-state index contributed by atoms with van der Waals surface area (Å²) in [6.45, 7) is 11.2. The first-order valence-corrected chi connectivity index (χ1v) is 25.3. The number of ether oxygens (including phenoxy) is 4. The number of nitro groups is 1. The highest BCUT2D eigenvalue weighted by Gasteiger charge is 2.35. The lowest BCUT2D eigenvalue weighted by molar-refractivity contribution is -0.383. The van der Waals surface area contributed by atoms with Crippen molar-refractivity contribution in [2.75, 3.05) is 105 Å². The van der Waals surface area contributed by atoms with Gasteiger partial charge in [0.2, 0.25) is 29.1 Å². The number of aromatic nitrogens is 2. The minimum Gasteiger partial charge on any atom is -0.380 e. The molecule has 7 amide bonds. The molecule has 1 aliphatic rings. The van der Waals surface area contributed by atoms with E-state index >= 15 is 0 Å². The number of nitrogens with one attached hydrogen (secondary N) is 3. The van der Waals surface area contributed by atoms with E-state index in [1.807, 2.05) is 46.4 Å². The van der Waals surface area contributed by atoms with Gasteiger partial charge in [0.1, 0.15) is 18.1 Å². The lowest BCUT2D eigenvalue weighted by Gasteiger charge is -2.36. The van der Waals surface area contributed by atoms with Crippen LogP contribution in [0.4, 0.5) is 11.4 Å². The van der Waals surface area contributed by atoms with Crippen molar-refractivity contribution in [1.82, 2.24) is 46.4 Å². The average Bonchev–Trinajstić information content (AvgIpc) is 3.85. The molecule has 0 spiro atoms. The van der Waals surface area contributed by atoms with Crippen LogP contribution < -0.4 is 20.9 Å². The number of piperazine rings is 1. The molecule has 0 bridgehead atoms. The first-order valence-electron chi connectivity index (χ1n) is 25.3. The van der Waals surface area contributed by atoms with Gasteiger partial charge in [-0.1, -0.05) is 41.5 Å². The quantitative estimate of drug-likeness (QED) is 0.0250. The summed E-state index contributed by atoms with van der Waals surface area (Å²) in [5.74, 6) is -3.92. The van der Waals surface area contributed by atoms with Crippen LogP contribution in [0.15, 0.2) is 16.8 Å². The van der Waals surface area contributed by atoms with Crippen LogP contribution in [0.3, 0.4) is 0 Å². The van der Waals surface area contributed by atoms with Gasteiger partial charge in [-0.3, -0.25) is 59.3 Å². The fourth-order valence-corrected chi connectivity index (χ4v) is 8.21. The molecule has 3 rings (SSSR count). The number of amides is 7. The molecule has 1 aromatic carbocycles. The molecule has 0 saturated carbocycles. The summed E-state index contributed by atoms with van der Waals surface area (Å²) < 4.78 is 29.2. The van der Waals surface area contributed by atoms with Gasteiger partial charge in [0.15, 0.2) is 5.52 Å². The Morgan fingerprint density at radius 2 is 0.974 bits per heavy atom. The molecule has 28 nitrogen and oxygen atoms in total. The van der Waals surface area contributed by atoms with Gasteiger partial charge in [-0.2, -0.15) is 0 Å². The number of non-ortho nitro benzene ring substituents is 1. The van der Waals surface area contributed by atoms with Gasteiger partial charge in [-0.15, -0.1) is 0 Å². The first-order chi connectivity index (χ1) is 35.8. The maximum absolute atomic E-state index is 13.5. The molecule has 1 aliphatic heterocycles. The largest absolute Gasteiger partial charge is 0.380 e. The minimum atomic E-state index is -1.23. The van der Waals surface area contributed by atoms with E-state index in [1.54, 1.807) is 11.0 Å². The molecule has 1 fully saturated rings. The Balaban J connectivity index is 1.79. The second-order valence-corrected chi connectivity index (χ2v) is 20.2. The number of carbonyl (C=O) groups excluding carboxylic acids is 7. The molecule has 2 aromatic rings. The standard InChI is InChI=1S/C48H79N11O17/c1-31(2)24-34(45(64)54(7)67)49-39(60)12-20-72-27-48(28-73-21-13-40(61)50-35(25-32(3)4)46(65)55(8)68,29-74-22-14-41(62)51-36(26-33(5)6)47(66)56(9)69)30-75-23-15-42(63)58-18-16-57(17-19-58)37-10-11-38(59(70)71)44-43(37)52-76-53-44/h10-11,31-36,67-69H,12-30H2,1-9H3,(H,49,60)(H,50,61)(H,51,62). The fraction of sp³-hybridized carbons (Fsp3) is 0.729. The maximum Gasteiger partial charge on any atom is 0.300 e. The highest BCUT2D eigenvalue weighted by Crippen LogP contribution is 2.32. The third-order valence-electron chi connectivity index (χ3n) is 12.0. The molecule has 1 saturated heterocycles. The van der Waals surface area contributed by atoms with Crippen LogP contribution in [0.25, 0.3) is 11.0 Å². The van der Waals surface area contributed by atoms with Crippen LogP contribution >= 0.6 is 0 Å². The van der Waals surface area contributed by atoms with Gasteiger partial charge in [0, 0.05) is 72.7 Å². The minimum absolute atomic E-state index is 0.000587. The third-order valence-corrected chi connectivity index (χ3v) is 12.0. The topological polar surface area (TPSA) is 351 Å². The molecule has 3 unspecified atom stereocenters. The summed E-state index contributed by atoms with van der Waals surface area (Å²) in [4.78, 5) is 105. The van der Waals surface area contributed by atoms with E-state index in [2.05, 4.69) is 26.3 Å². The van der Waals surface area contributed by atoms with Crippen molar-refractivity contribution in [3.05, 3.63) is 22.2 Å². The van der Waals surface area contributed by atoms with E-state index in [-0.39, 0.29) is 138 Å². The Morgan fingerprint density at radius 1 is 0.618 bits per heavy atom. The zero-order valence-corrected chi connectivity index (χ0v) is 45.2. The molecular formula is C48H79N11O17. The summed E-state index contributed by atoms with van der Waals surface area (Å²) in [5, 5.41) is 57.6. The SMILES string of the molecule is CC(C)CC(NC(=O)CCOCC(COCCC(=O)NC(CC(C)C)C(=O)N(C)O)(COCCC(=O)NC(CC(C)C)C(=O)N(C)O)COCCC(=O)N1CCN(c2ccc([N+](=O)[O-])c3nonc23)CC1)C(=O)N(C)O. The molecule has 428 valence electrons. The monoisotopic (exact) mass is 1080 g/mol. The van der Waals surface area contributed by atoms with E-state index < -0.39 is 63.9 Å². The molecule has 1 aromatic heterocycles. The predicted octanol–water partition coefficient (Wildman–Crippen LogP) is 1.53. The molecule has 0 aliphatic carbocycles. The summed E-state index contributed by atoms with van der Waals surface area (Å²) in [6, 6.07) is -0.103. The average molecular weight is 1080 g/mol. The van der Waals surface area contributed by atoms with E-state index in [0.717, 1.165) is 21.1 Å². The maximum atomic E-state index is 13.5. The van der Waals surface area contributed by atoms with Crippen LogP contribution in [0, 0.1) is 33.3 Å².